The van der Waals surface area contributed by atoms with E-state index in [0.717, 1.165) is 12.1 Å². The van der Waals surface area contributed by atoms with Gasteiger partial charge in [-0.15, -0.1) is 0 Å². The summed E-state index contributed by atoms with van der Waals surface area (Å²) >= 11 is 0. The van der Waals surface area contributed by atoms with Crippen LogP contribution in [0.3, 0.4) is 0 Å². The molecule has 3 rings (SSSR count). The number of aliphatic imine (C=N–C) groups is 1. The van der Waals surface area contributed by atoms with Crippen LogP contribution in [0, 0.1) is 0 Å². The number of hydrazone groups is 1. The van der Waals surface area contributed by atoms with Crippen molar-refractivity contribution < 1.29 is 4.79 Å². The SMILES string of the molecule is CC1CC2=C3C(=NC=NN31)C(=O)NC2. The summed E-state index contributed by atoms with van der Waals surface area (Å²) in [5.74, 6) is -0.0889. The average Bonchev–Trinajstić information content (AvgIpc) is 2.52. The van der Waals surface area contributed by atoms with Crippen LogP contribution in [0.4, 0.5) is 0 Å². The van der Waals surface area contributed by atoms with Crippen molar-refractivity contribution in [3.8, 4) is 0 Å². The summed E-state index contributed by atoms with van der Waals surface area (Å²) in [7, 11) is 0. The molecule has 0 saturated heterocycles. The van der Waals surface area contributed by atoms with Gasteiger partial charge in [0.15, 0.2) is 5.71 Å². The molecule has 0 aromatic carbocycles. The van der Waals surface area contributed by atoms with Gasteiger partial charge in [0.2, 0.25) is 0 Å². The standard InChI is InChI=1S/C9H10N4O/c1-5-2-6-3-10-9(14)7-8(6)13(5)12-4-11-7/h4-5H,2-3H2,1H3,(H,10,14). The van der Waals surface area contributed by atoms with Gasteiger partial charge in [-0.1, -0.05) is 0 Å². The Labute approximate surface area is 81.2 Å². The lowest BCUT2D eigenvalue weighted by Crippen LogP contribution is -2.42. The van der Waals surface area contributed by atoms with Crippen LogP contribution in [-0.4, -0.2) is 35.6 Å². The van der Waals surface area contributed by atoms with Crippen LogP contribution in [0.5, 0.6) is 0 Å². The fourth-order valence-electron chi connectivity index (χ4n) is 2.16. The molecular formula is C9H10N4O. The molecule has 0 aromatic heterocycles. The van der Waals surface area contributed by atoms with E-state index in [-0.39, 0.29) is 5.91 Å². The predicted molar refractivity (Wildman–Crippen MR) is 51.9 cm³/mol. The Bertz CT molecular complexity index is 407. The van der Waals surface area contributed by atoms with Gasteiger partial charge in [-0.3, -0.25) is 9.80 Å². The maximum Gasteiger partial charge on any atom is 0.272 e. The molecule has 0 aliphatic carbocycles. The Morgan fingerprint density at radius 2 is 2.50 bits per heavy atom. The van der Waals surface area contributed by atoms with E-state index in [9.17, 15) is 4.79 Å². The molecule has 3 aliphatic heterocycles. The highest BCUT2D eigenvalue weighted by Crippen LogP contribution is 2.32. The van der Waals surface area contributed by atoms with Crippen LogP contribution in [0.15, 0.2) is 21.4 Å². The number of amides is 1. The van der Waals surface area contributed by atoms with Gasteiger partial charge in [0, 0.05) is 6.54 Å². The second-order valence-corrected chi connectivity index (χ2v) is 3.74. The van der Waals surface area contributed by atoms with Crippen molar-refractivity contribution in [2.45, 2.75) is 19.4 Å². The number of rotatable bonds is 0. The first-order valence-corrected chi connectivity index (χ1v) is 4.67. The Kier molecular flexibility index (Phi) is 1.34. The fraction of sp³-hybridized carbons (Fsp3) is 0.444. The number of nitrogens with one attached hydrogen (secondary N) is 1. The number of carbonyl (C=O) groups excluding carboxylic acids is 1. The lowest BCUT2D eigenvalue weighted by atomic mass is 10.1. The Balaban J connectivity index is 2.16. The lowest BCUT2D eigenvalue weighted by molar-refractivity contribution is -0.114. The largest absolute Gasteiger partial charge is 0.347 e. The second-order valence-electron chi connectivity index (χ2n) is 3.74. The van der Waals surface area contributed by atoms with E-state index < -0.39 is 0 Å². The molecule has 0 bridgehead atoms. The zero-order valence-corrected chi connectivity index (χ0v) is 7.82. The van der Waals surface area contributed by atoms with Gasteiger partial charge in [-0.25, -0.2) is 4.99 Å². The predicted octanol–water partition coefficient (Wildman–Crippen LogP) is -0.138. The van der Waals surface area contributed by atoms with Crippen molar-refractivity contribution in [2.24, 2.45) is 10.1 Å². The van der Waals surface area contributed by atoms with Crippen molar-refractivity contribution in [3.63, 3.8) is 0 Å². The molecule has 0 fully saturated rings. The highest BCUT2D eigenvalue weighted by molar-refractivity contribution is 6.47. The van der Waals surface area contributed by atoms with Crippen molar-refractivity contribution in [1.29, 1.82) is 0 Å². The Morgan fingerprint density at radius 3 is 3.36 bits per heavy atom. The van der Waals surface area contributed by atoms with Gasteiger partial charge in [-0.05, 0) is 18.9 Å². The monoisotopic (exact) mass is 190 g/mol. The lowest BCUT2D eigenvalue weighted by Gasteiger charge is -2.25. The molecular weight excluding hydrogens is 180 g/mol. The van der Waals surface area contributed by atoms with Gasteiger partial charge < -0.3 is 5.32 Å². The molecule has 1 amide bonds. The second kappa shape index (κ2) is 2.43. The number of hydrogen-bond donors (Lipinski definition) is 1. The highest BCUT2D eigenvalue weighted by atomic mass is 16.2. The van der Waals surface area contributed by atoms with Crippen LogP contribution in [0.25, 0.3) is 0 Å². The molecule has 0 radical (unpaired) electrons. The smallest absolute Gasteiger partial charge is 0.272 e. The first kappa shape index (κ1) is 7.73. The summed E-state index contributed by atoms with van der Waals surface area (Å²) in [4.78, 5) is 15.5. The van der Waals surface area contributed by atoms with Gasteiger partial charge in [-0.2, -0.15) is 5.10 Å². The quantitative estimate of drug-likeness (QED) is 0.578. The number of hydrogen-bond acceptors (Lipinski definition) is 4. The maximum atomic E-state index is 11.5. The molecule has 0 aromatic rings. The van der Waals surface area contributed by atoms with E-state index in [2.05, 4.69) is 22.3 Å². The van der Waals surface area contributed by atoms with E-state index in [1.807, 2.05) is 5.01 Å². The average molecular weight is 190 g/mol. The molecule has 5 nitrogen and oxygen atoms in total. The summed E-state index contributed by atoms with van der Waals surface area (Å²) in [6.07, 6.45) is 2.41. The van der Waals surface area contributed by atoms with Gasteiger partial charge in [0.05, 0.1) is 11.7 Å². The van der Waals surface area contributed by atoms with Crippen molar-refractivity contribution in [2.75, 3.05) is 6.54 Å². The third-order valence-electron chi connectivity index (χ3n) is 2.79. The van der Waals surface area contributed by atoms with Crippen LogP contribution in [0.1, 0.15) is 13.3 Å². The molecule has 1 atom stereocenters. The highest BCUT2D eigenvalue weighted by Gasteiger charge is 2.38. The Morgan fingerprint density at radius 1 is 1.64 bits per heavy atom. The summed E-state index contributed by atoms with van der Waals surface area (Å²) < 4.78 is 0. The van der Waals surface area contributed by atoms with Crippen molar-refractivity contribution >= 4 is 18.0 Å². The van der Waals surface area contributed by atoms with Crippen LogP contribution in [-0.2, 0) is 4.79 Å². The van der Waals surface area contributed by atoms with Gasteiger partial charge >= 0.3 is 0 Å². The minimum atomic E-state index is -0.0889. The van der Waals surface area contributed by atoms with Gasteiger partial charge in [0.1, 0.15) is 6.34 Å². The van der Waals surface area contributed by atoms with E-state index in [4.69, 9.17) is 0 Å². The first-order valence-electron chi connectivity index (χ1n) is 4.67. The molecule has 3 aliphatic rings. The molecule has 72 valence electrons. The fourth-order valence-corrected chi connectivity index (χ4v) is 2.16. The first-order chi connectivity index (χ1) is 6.77. The maximum absolute atomic E-state index is 11.5. The van der Waals surface area contributed by atoms with Gasteiger partial charge in [0.25, 0.3) is 5.91 Å². The van der Waals surface area contributed by atoms with E-state index in [0.29, 0.717) is 18.3 Å². The molecule has 1 unspecified atom stereocenters. The summed E-state index contributed by atoms with van der Waals surface area (Å²) in [6, 6.07) is 0.342. The molecule has 5 heteroatoms. The third-order valence-corrected chi connectivity index (χ3v) is 2.79. The van der Waals surface area contributed by atoms with E-state index in [1.54, 1.807) is 0 Å². The molecule has 0 saturated carbocycles. The minimum absolute atomic E-state index is 0.0889. The van der Waals surface area contributed by atoms with Crippen molar-refractivity contribution in [3.05, 3.63) is 11.3 Å². The summed E-state index contributed by atoms with van der Waals surface area (Å²) in [5, 5.41) is 8.89. The normalized spacial score (nSPS) is 28.9. The van der Waals surface area contributed by atoms with Crippen LogP contribution in [0.2, 0.25) is 0 Å². The zero-order chi connectivity index (χ0) is 9.71. The van der Waals surface area contributed by atoms with Crippen molar-refractivity contribution in [1.82, 2.24) is 10.3 Å². The van der Waals surface area contributed by atoms with E-state index in [1.165, 1.54) is 11.9 Å². The Hall–Kier alpha value is -1.65. The zero-order valence-electron chi connectivity index (χ0n) is 7.82. The molecule has 14 heavy (non-hydrogen) atoms. The van der Waals surface area contributed by atoms with Crippen LogP contribution < -0.4 is 5.32 Å². The topological polar surface area (TPSA) is 57.1 Å². The summed E-state index contributed by atoms with van der Waals surface area (Å²) in [5.41, 5.74) is 2.70. The third kappa shape index (κ3) is 0.814. The van der Waals surface area contributed by atoms with E-state index >= 15 is 0 Å². The molecule has 3 heterocycles. The number of carbonyl (C=O) groups is 1. The minimum Gasteiger partial charge on any atom is -0.347 e. The number of nitrogens with zero attached hydrogens (tertiary/aromatic N) is 3. The molecule has 0 spiro atoms. The molecule has 1 N–H and O–H groups in total. The van der Waals surface area contributed by atoms with Crippen LogP contribution >= 0.6 is 0 Å². The summed E-state index contributed by atoms with van der Waals surface area (Å²) in [6.45, 7) is 2.74.